The van der Waals surface area contributed by atoms with Gasteiger partial charge in [0.2, 0.25) is 5.91 Å². The van der Waals surface area contributed by atoms with Gasteiger partial charge in [0, 0.05) is 13.1 Å². The van der Waals surface area contributed by atoms with Crippen molar-refractivity contribution in [3.63, 3.8) is 0 Å². The lowest BCUT2D eigenvalue weighted by atomic mass is 10.3. The van der Waals surface area contributed by atoms with E-state index in [0.29, 0.717) is 10.8 Å². The van der Waals surface area contributed by atoms with Crippen molar-refractivity contribution in [2.45, 2.75) is 25.8 Å². The van der Waals surface area contributed by atoms with Crippen LogP contribution < -0.4 is 5.32 Å². The van der Waals surface area contributed by atoms with Gasteiger partial charge in [-0.1, -0.05) is 11.6 Å². The molecule has 0 aliphatic carbocycles. The first-order valence-electron chi connectivity index (χ1n) is 5.69. The van der Waals surface area contributed by atoms with Crippen LogP contribution in [0.4, 0.5) is 5.82 Å². The first-order chi connectivity index (χ1) is 8.18. The van der Waals surface area contributed by atoms with Crippen molar-refractivity contribution in [1.82, 2.24) is 14.9 Å². The normalized spacial score (nSPS) is 16.9. The van der Waals surface area contributed by atoms with Gasteiger partial charge >= 0.3 is 0 Å². The average molecular weight is 255 g/mol. The van der Waals surface area contributed by atoms with Crippen molar-refractivity contribution < 1.29 is 4.79 Å². The maximum atomic E-state index is 12.0. The number of rotatable bonds is 3. The summed E-state index contributed by atoms with van der Waals surface area (Å²) in [6, 6.07) is -0.319. The minimum atomic E-state index is -0.319. The summed E-state index contributed by atoms with van der Waals surface area (Å²) in [6.45, 7) is 3.52. The lowest BCUT2D eigenvalue weighted by Gasteiger charge is -2.21. The number of likely N-dealkylation sites (tertiary alicyclic amines) is 1. The Hall–Kier alpha value is -1.36. The van der Waals surface area contributed by atoms with Crippen LogP contribution in [0.15, 0.2) is 12.5 Å². The molecule has 17 heavy (non-hydrogen) atoms. The predicted molar refractivity (Wildman–Crippen MR) is 65.9 cm³/mol. The number of anilines is 1. The number of carbonyl (C=O) groups excluding carboxylic acids is 1. The molecule has 92 valence electrons. The molecule has 0 aromatic carbocycles. The van der Waals surface area contributed by atoms with Crippen molar-refractivity contribution in [2.24, 2.45) is 0 Å². The van der Waals surface area contributed by atoms with Crippen LogP contribution in [0, 0.1) is 0 Å². The molecule has 6 heteroatoms. The number of nitrogens with one attached hydrogen (secondary N) is 1. The largest absolute Gasteiger partial charge is 0.357 e. The molecular weight excluding hydrogens is 240 g/mol. The standard InChI is InChI=1S/C11H15ClN4O/c1-8(11(17)16-4-2-3-5-16)15-10-9(12)6-13-7-14-10/h6-8H,2-5H2,1H3,(H,13,14,15). The van der Waals surface area contributed by atoms with Gasteiger partial charge in [-0.15, -0.1) is 0 Å². The van der Waals surface area contributed by atoms with Crippen LogP contribution in [0.2, 0.25) is 5.02 Å². The van der Waals surface area contributed by atoms with E-state index in [9.17, 15) is 4.79 Å². The summed E-state index contributed by atoms with van der Waals surface area (Å²) in [7, 11) is 0. The highest BCUT2D eigenvalue weighted by atomic mass is 35.5. The summed E-state index contributed by atoms with van der Waals surface area (Å²) in [5.41, 5.74) is 0. The number of nitrogens with zero attached hydrogens (tertiary/aromatic N) is 3. The summed E-state index contributed by atoms with van der Waals surface area (Å²) in [5.74, 6) is 0.596. The fraction of sp³-hybridized carbons (Fsp3) is 0.545. The van der Waals surface area contributed by atoms with Crippen molar-refractivity contribution in [3.8, 4) is 0 Å². The Bertz CT molecular complexity index is 406. The SMILES string of the molecule is CC(Nc1ncncc1Cl)C(=O)N1CCCC1. The third kappa shape index (κ3) is 2.85. The van der Waals surface area contributed by atoms with Gasteiger partial charge in [0.05, 0.1) is 6.20 Å². The second-order valence-electron chi connectivity index (χ2n) is 4.12. The molecule has 1 amide bonds. The summed E-state index contributed by atoms with van der Waals surface area (Å²) < 4.78 is 0. The van der Waals surface area contributed by atoms with Crippen LogP contribution in [0.3, 0.4) is 0 Å². The highest BCUT2D eigenvalue weighted by molar-refractivity contribution is 6.32. The summed E-state index contributed by atoms with van der Waals surface area (Å²) in [5, 5.41) is 3.44. The topological polar surface area (TPSA) is 58.1 Å². The molecule has 5 nitrogen and oxygen atoms in total. The van der Waals surface area contributed by atoms with Crippen LogP contribution >= 0.6 is 11.6 Å². The molecule has 1 N–H and O–H groups in total. The van der Waals surface area contributed by atoms with E-state index >= 15 is 0 Å². The van der Waals surface area contributed by atoms with E-state index in [1.807, 2.05) is 11.8 Å². The molecule has 1 fully saturated rings. The van der Waals surface area contributed by atoms with Crippen LogP contribution in [0.25, 0.3) is 0 Å². The van der Waals surface area contributed by atoms with Gasteiger partial charge in [0.25, 0.3) is 0 Å². The van der Waals surface area contributed by atoms with Crippen LogP contribution in [-0.4, -0.2) is 39.9 Å². The van der Waals surface area contributed by atoms with E-state index < -0.39 is 0 Å². The highest BCUT2D eigenvalue weighted by Gasteiger charge is 2.23. The van der Waals surface area contributed by atoms with Gasteiger partial charge in [0.1, 0.15) is 23.2 Å². The molecule has 1 saturated heterocycles. The Labute approximate surface area is 105 Å². The zero-order valence-electron chi connectivity index (χ0n) is 9.69. The van der Waals surface area contributed by atoms with Crippen LogP contribution in [-0.2, 0) is 4.79 Å². The lowest BCUT2D eigenvalue weighted by Crippen LogP contribution is -2.39. The molecule has 1 aliphatic heterocycles. The van der Waals surface area contributed by atoms with Gasteiger partial charge in [-0.2, -0.15) is 0 Å². The van der Waals surface area contributed by atoms with Gasteiger partial charge in [-0.05, 0) is 19.8 Å². The molecule has 0 radical (unpaired) electrons. The average Bonchev–Trinajstić information content (AvgIpc) is 2.84. The Balaban J connectivity index is 1.99. The monoisotopic (exact) mass is 254 g/mol. The molecule has 2 heterocycles. The van der Waals surface area contributed by atoms with E-state index in [1.54, 1.807) is 0 Å². The number of aromatic nitrogens is 2. The first kappa shape index (κ1) is 12.1. The Morgan fingerprint density at radius 1 is 1.53 bits per heavy atom. The Kier molecular flexibility index (Phi) is 3.78. The number of carbonyl (C=O) groups is 1. The second kappa shape index (κ2) is 5.31. The quantitative estimate of drug-likeness (QED) is 0.889. The van der Waals surface area contributed by atoms with Crippen LogP contribution in [0.1, 0.15) is 19.8 Å². The third-order valence-electron chi connectivity index (χ3n) is 2.81. The van der Waals surface area contributed by atoms with Crippen molar-refractivity contribution in [1.29, 1.82) is 0 Å². The number of hydrogen-bond acceptors (Lipinski definition) is 4. The minimum Gasteiger partial charge on any atom is -0.357 e. The molecule has 1 aromatic heterocycles. The van der Waals surface area contributed by atoms with Crippen molar-refractivity contribution >= 4 is 23.3 Å². The number of hydrogen-bond donors (Lipinski definition) is 1. The molecule has 1 unspecified atom stereocenters. The molecule has 1 aliphatic rings. The third-order valence-corrected chi connectivity index (χ3v) is 3.09. The first-order valence-corrected chi connectivity index (χ1v) is 6.07. The lowest BCUT2D eigenvalue weighted by molar-refractivity contribution is -0.130. The van der Waals surface area contributed by atoms with Gasteiger partial charge in [-0.3, -0.25) is 4.79 Å². The molecule has 2 rings (SSSR count). The van der Waals surface area contributed by atoms with E-state index in [-0.39, 0.29) is 11.9 Å². The molecular formula is C11H15ClN4O. The van der Waals surface area contributed by atoms with Crippen molar-refractivity contribution in [2.75, 3.05) is 18.4 Å². The summed E-state index contributed by atoms with van der Waals surface area (Å²) >= 11 is 5.92. The fourth-order valence-electron chi connectivity index (χ4n) is 1.90. The number of halogens is 1. The van der Waals surface area contributed by atoms with Crippen molar-refractivity contribution in [3.05, 3.63) is 17.5 Å². The van der Waals surface area contributed by atoms with Gasteiger partial charge in [0.15, 0.2) is 0 Å². The fourth-order valence-corrected chi connectivity index (χ4v) is 2.06. The van der Waals surface area contributed by atoms with E-state index in [4.69, 9.17) is 11.6 Å². The molecule has 0 spiro atoms. The molecule has 1 atom stereocenters. The maximum Gasteiger partial charge on any atom is 0.244 e. The minimum absolute atomic E-state index is 0.0946. The summed E-state index contributed by atoms with van der Waals surface area (Å²) in [4.78, 5) is 21.7. The number of amides is 1. The van der Waals surface area contributed by atoms with E-state index in [1.165, 1.54) is 12.5 Å². The zero-order valence-corrected chi connectivity index (χ0v) is 10.4. The molecule has 0 bridgehead atoms. The smallest absolute Gasteiger partial charge is 0.244 e. The molecule has 0 saturated carbocycles. The Morgan fingerprint density at radius 2 is 2.24 bits per heavy atom. The molecule has 1 aromatic rings. The van der Waals surface area contributed by atoms with E-state index in [0.717, 1.165) is 25.9 Å². The summed E-state index contributed by atoms with van der Waals surface area (Å²) in [6.07, 6.45) is 5.09. The second-order valence-corrected chi connectivity index (χ2v) is 4.52. The van der Waals surface area contributed by atoms with Crippen LogP contribution in [0.5, 0.6) is 0 Å². The van der Waals surface area contributed by atoms with Gasteiger partial charge in [-0.25, -0.2) is 9.97 Å². The Morgan fingerprint density at radius 3 is 2.88 bits per heavy atom. The highest BCUT2D eigenvalue weighted by Crippen LogP contribution is 2.18. The zero-order chi connectivity index (χ0) is 12.3. The maximum absolute atomic E-state index is 12.0. The van der Waals surface area contributed by atoms with Gasteiger partial charge < -0.3 is 10.2 Å². The van der Waals surface area contributed by atoms with E-state index in [2.05, 4.69) is 15.3 Å². The predicted octanol–water partition coefficient (Wildman–Crippen LogP) is 1.55.